The molecule has 0 radical (unpaired) electrons. The summed E-state index contributed by atoms with van der Waals surface area (Å²) in [5.41, 5.74) is 11.4. The van der Waals surface area contributed by atoms with E-state index in [1.165, 1.54) is 44.5 Å². The Bertz CT molecular complexity index is 1330. The number of hydrogen-bond acceptors (Lipinski definition) is 1. The molecule has 0 fully saturated rings. The lowest BCUT2D eigenvalue weighted by Gasteiger charge is -2.20. The molecule has 1 heterocycles. The van der Waals surface area contributed by atoms with E-state index >= 15 is 0 Å². The zero-order valence-corrected chi connectivity index (χ0v) is 23.0. The van der Waals surface area contributed by atoms with Crippen LogP contribution in [0.15, 0.2) is 88.6 Å². The van der Waals surface area contributed by atoms with Crippen molar-refractivity contribution < 1.29 is 4.42 Å². The molecule has 0 N–H and O–H groups in total. The van der Waals surface area contributed by atoms with Crippen LogP contribution in [0.2, 0.25) is 0 Å². The zero-order chi connectivity index (χ0) is 25.7. The first-order valence-corrected chi connectivity index (χ1v) is 13.4. The summed E-state index contributed by atoms with van der Waals surface area (Å²) < 4.78 is 5.94. The number of fused-ring (bicyclic) bond motifs is 1. The summed E-state index contributed by atoms with van der Waals surface area (Å²) in [5, 5.41) is 0. The Labute approximate surface area is 217 Å². The predicted molar refractivity (Wildman–Crippen MR) is 154 cm³/mol. The highest BCUT2D eigenvalue weighted by Crippen LogP contribution is 2.49. The van der Waals surface area contributed by atoms with Crippen LogP contribution in [0.25, 0.3) is 22.8 Å². The number of allylic oxidation sites excluding steroid dienone is 5. The molecule has 186 valence electrons. The minimum atomic E-state index is 0.155. The van der Waals surface area contributed by atoms with Crippen LogP contribution in [0, 0.1) is 11.3 Å². The van der Waals surface area contributed by atoms with Gasteiger partial charge in [0.1, 0.15) is 5.76 Å². The summed E-state index contributed by atoms with van der Waals surface area (Å²) in [6.45, 7) is 16.0. The van der Waals surface area contributed by atoms with Crippen molar-refractivity contribution in [3.63, 3.8) is 0 Å². The molecule has 1 nitrogen and oxygen atoms in total. The van der Waals surface area contributed by atoms with E-state index < -0.39 is 0 Å². The first-order valence-electron chi connectivity index (χ1n) is 13.4. The van der Waals surface area contributed by atoms with Crippen molar-refractivity contribution in [2.45, 2.75) is 72.6 Å². The Kier molecular flexibility index (Phi) is 6.23. The van der Waals surface area contributed by atoms with Gasteiger partial charge in [0.25, 0.3) is 0 Å². The first-order chi connectivity index (χ1) is 17.0. The van der Waals surface area contributed by atoms with Gasteiger partial charge in [-0.2, -0.15) is 0 Å². The molecular weight excluding hydrogens is 436 g/mol. The molecular formula is C35H40O. The highest BCUT2D eigenvalue weighted by molar-refractivity contribution is 5.95. The lowest BCUT2D eigenvalue weighted by Crippen LogP contribution is -2.10. The van der Waals surface area contributed by atoms with Gasteiger partial charge in [-0.1, -0.05) is 102 Å². The molecule has 2 aliphatic carbocycles. The van der Waals surface area contributed by atoms with Crippen LogP contribution in [0.1, 0.15) is 89.7 Å². The van der Waals surface area contributed by atoms with Gasteiger partial charge in [0.15, 0.2) is 0 Å². The normalized spacial score (nSPS) is 19.7. The number of rotatable bonds is 5. The van der Waals surface area contributed by atoms with Crippen LogP contribution in [0.5, 0.6) is 0 Å². The molecule has 5 rings (SSSR count). The SMILES string of the molecule is CC1=CC(C(C)(C)C)=CC1CCC1C(c2ccco2)=Cc2c(-c3ccc(C(C)(C)C)cc3)cccc21. The van der Waals surface area contributed by atoms with E-state index in [9.17, 15) is 0 Å². The third-order valence-electron chi connectivity index (χ3n) is 8.04. The topological polar surface area (TPSA) is 13.1 Å². The van der Waals surface area contributed by atoms with Crippen LogP contribution < -0.4 is 0 Å². The van der Waals surface area contributed by atoms with E-state index in [2.05, 4.69) is 115 Å². The second-order valence-corrected chi connectivity index (χ2v) is 12.7. The smallest absolute Gasteiger partial charge is 0.130 e. The maximum Gasteiger partial charge on any atom is 0.130 e. The fourth-order valence-electron chi connectivity index (χ4n) is 5.74. The van der Waals surface area contributed by atoms with E-state index in [0.29, 0.717) is 11.8 Å². The molecule has 3 aromatic rings. The average Bonchev–Trinajstić information content (AvgIpc) is 3.55. The van der Waals surface area contributed by atoms with Gasteiger partial charge in [-0.15, -0.1) is 0 Å². The largest absolute Gasteiger partial charge is 0.465 e. The lowest BCUT2D eigenvalue weighted by molar-refractivity contribution is 0.513. The average molecular weight is 477 g/mol. The molecule has 36 heavy (non-hydrogen) atoms. The van der Waals surface area contributed by atoms with Crippen molar-refractivity contribution in [1.29, 1.82) is 0 Å². The van der Waals surface area contributed by atoms with Gasteiger partial charge in [-0.3, -0.25) is 0 Å². The van der Waals surface area contributed by atoms with Crippen molar-refractivity contribution >= 4 is 11.6 Å². The van der Waals surface area contributed by atoms with E-state index in [-0.39, 0.29) is 10.8 Å². The van der Waals surface area contributed by atoms with Gasteiger partial charge in [0, 0.05) is 11.5 Å². The van der Waals surface area contributed by atoms with Crippen molar-refractivity contribution in [3.05, 3.63) is 107 Å². The Balaban J connectivity index is 1.48. The summed E-state index contributed by atoms with van der Waals surface area (Å²) in [5.74, 6) is 1.86. The van der Waals surface area contributed by atoms with E-state index in [1.54, 1.807) is 6.26 Å². The van der Waals surface area contributed by atoms with Crippen molar-refractivity contribution in [1.82, 2.24) is 0 Å². The molecule has 2 aliphatic rings. The Morgan fingerprint density at radius 3 is 2.14 bits per heavy atom. The number of furan rings is 1. The van der Waals surface area contributed by atoms with Gasteiger partial charge >= 0.3 is 0 Å². The first kappa shape index (κ1) is 24.6. The van der Waals surface area contributed by atoms with Crippen molar-refractivity contribution in [3.8, 4) is 11.1 Å². The summed E-state index contributed by atoms with van der Waals surface area (Å²) >= 11 is 0. The van der Waals surface area contributed by atoms with E-state index in [1.807, 2.05) is 6.07 Å². The summed E-state index contributed by atoms with van der Waals surface area (Å²) in [6.07, 6.45) is 11.4. The minimum Gasteiger partial charge on any atom is -0.465 e. The summed E-state index contributed by atoms with van der Waals surface area (Å²) in [7, 11) is 0. The van der Waals surface area contributed by atoms with Gasteiger partial charge in [0.05, 0.1) is 6.26 Å². The molecule has 0 bridgehead atoms. The Morgan fingerprint density at radius 2 is 1.53 bits per heavy atom. The highest BCUT2D eigenvalue weighted by Gasteiger charge is 2.31. The summed E-state index contributed by atoms with van der Waals surface area (Å²) in [4.78, 5) is 0. The van der Waals surface area contributed by atoms with Crippen LogP contribution in [0.4, 0.5) is 0 Å². The molecule has 2 atom stereocenters. The third-order valence-corrected chi connectivity index (χ3v) is 8.04. The van der Waals surface area contributed by atoms with Gasteiger partial charge < -0.3 is 4.42 Å². The molecule has 2 aromatic carbocycles. The molecule has 2 unspecified atom stereocenters. The number of hydrogen-bond donors (Lipinski definition) is 0. The molecule has 0 spiro atoms. The third kappa shape index (κ3) is 4.69. The molecule has 0 saturated carbocycles. The Hall–Kier alpha value is -3.06. The maximum absolute atomic E-state index is 5.94. The number of benzene rings is 2. The second-order valence-electron chi connectivity index (χ2n) is 12.7. The van der Waals surface area contributed by atoms with Gasteiger partial charge in [-0.25, -0.2) is 0 Å². The molecule has 0 saturated heterocycles. The van der Waals surface area contributed by atoms with E-state index in [4.69, 9.17) is 4.42 Å². The second kappa shape index (κ2) is 9.11. The molecule has 0 amide bonds. The quantitative estimate of drug-likeness (QED) is 0.357. The molecule has 1 heteroatoms. The fourth-order valence-corrected chi connectivity index (χ4v) is 5.74. The van der Waals surface area contributed by atoms with Crippen LogP contribution in [-0.2, 0) is 5.41 Å². The molecule has 1 aromatic heterocycles. The van der Waals surface area contributed by atoms with Crippen LogP contribution in [0.3, 0.4) is 0 Å². The monoisotopic (exact) mass is 476 g/mol. The summed E-state index contributed by atoms with van der Waals surface area (Å²) in [6, 6.07) is 20.1. The van der Waals surface area contributed by atoms with Crippen LogP contribution >= 0.6 is 0 Å². The van der Waals surface area contributed by atoms with Crippen molar-refractivity contribution in [2.75, 3.05) is 0 Å². The highest BCUT2D eigenvalue weighted by atomic mass is 16.3. The fraction of sp³-hybridized carbons (Fsp3) is 0.371. The van der Waals surface area contributed by atoms with Crippen LogP contribution in [-0.4, -0.2) is 0 Å². The Morgan fingerprint density at radius 1 is 0.778 bits per heavy atom. The van der Waals surface area contributed by atoms with E-state index in [0.717, 1.165) is 18.6 Å². The van der Waals surface area contributed by atoms with Gasteiger partial charge in [-0.05, 0) is 88.1 Å². The lowest BCUT2D eigenvalue weighted by atomic mass is 9.84. The maximum atomic E-state index is 5.94. The van der Waals surface area contributed by atoms with Crippen molar-refractivity contribution in [2.24, 2.45) is 11.3 Å². The molecule has 0 aliphatic heterocycles. The standard InChI is InChI=1S/C35H40O/c1-23-20-27(35(5,6)7)21-25(23)15-18-30-29-11-8-10-28(24-13-16-26(17-14-24)34(2,3)4)31(29)22-32(30)33-12-9-19-36-33/h8-14,16-17,19-22,25,30H,15,18H2,1-7H3. The zero-order valence-electron chi connectivity index (χ0n) is 23.0. The minimum absolute atomic E-state index is 0.155. The predicted octanol–water partition coefficient (Wildman–Crippen LogP) is 10.2. The van der Waals surface area contributed by atoms with Gasteiger partial charge in [0.2, 0.25) is 0 Å².